The first-order valence-electron chi connectivity index (χ1n) is 5.91. The lowest BCUT2D eigenvalue weighted by molar-refractivity contribution is 0.185. The van der Waals surface area contributed by atoms with E-state index in [2.05, 4.69) is 32.2 Å². The minimum atomic E-state index is 0.542. The Bertz CT molecular complexity index is 309. The second-order valence-corrected chi connectivity index (χ2v) is 5.79. The average Bonchev–Trinajstić information content (AvgIpc) is 2.55. The van der Waals surface area contributed by atoms with Crippen LogP contribution in [0.25, 0.3) is 0 Å². The van der Waals surface area contributed by atoms with Gasteiger partial charge in [-0.25, -0.2) is 0 Å². The summed E-state index contributed by atoms with van der Waals surface area (Å²) >= 11 is 1.89. The third kappa shape index (κ3) is 4.64. The Hall–Kier alpha value is -0.380. The molecule has 1 unspecified atom stereocenters. The molecule has 1 aromatic heterocycles. The van der Waals surface area contributed by atoms with Gasteiger partial charge in [0.05, 0.1) is 0 Å². The predicted molar refractivity (Wildman–Crippen MR) is 71.5 cm³/mol. The highest BCUT2D eigenvalue weighted by atomic mass is 32.1. The number of hydrogen-bond donors (Lipinski definition) is 1. The van der Waals surface area contributed by atoms with Gasteiger partial charge in [-0.1, -0.05) is 0 Å². The van der Waals surface area contributed by atoms with Crippen molar-refractivity contribution in [3.8, 4) is 0 Å². The van der Waals surface area contributed by atoms with Gasteiger partial charge in [0.15, 0.2) is 0 Å². The Morgan fingerprint density at radius 3 is 2.75 bits per heavy atom. The van der Waals surface area contributed by atoms with Gasteiger partial charge in [0.2, 0.25) is 0 Å². The molecule has 0 aliphatic heterocycles. The maximum Gasteiger partial charge on any atom is 0.0476 e. The molecule has 2 nitrogen and oxygen atoms in total. The van der Waals surface area contributed by atoms with Gasteiger partial charge < -0.3 is 10.1 Å². The Labute approximate surface area is 103 Å². The molecule has 0 radical (unpaired) electrons. The topological polar surface area (TPSA) is 21.3 Å². The SMILES string of the molecule is COCCC(C)NCCc1cc(C)sc1C. The Balaban J connectivity index is 2.22. The zero-order valence-electron chi connectivity index (χ0n) is 10.8. The molecule has 3 heteroatoms. The minimum absolute atomic E-state index is 0.542. The first-order valence-corrected chi connectivity index (χ1v) is 6.73. The van der Waals surface area contributed by atoms with Crippen LogP contribution >= 0.6 is 11.3 Å². The zero-order valence-corrected chi connectivity index (χ0v) is 11.6. The molecule has 0 aromatic carbocycles. The molecule has 0 amide bonds. The smallest absolute Gasteiger partial charge is 0.0476 e. The standard InChI is InChI=1S/C13H23NOS/c1-10(6-8-15-4)14-7-5-13-9-11(2)16-12(13)3/h9-10,14H,5-8H2,1-4H3. The van der Waals surface area contributed by atoms with Crippen molar-refractivity contribution in [1.29, 1.82) is 0 Å². The van der Waals surface area contributed by atoms with E-state index in [-0.39, 0.29) is 0 Å². The molecule has 0 fully saturated rings. The summed E-state index contributed by atoms with van der Waals surface area (Å²) in [6.45, 7) is 8.49. The molecule has 1 N–H and O–H groups in total. The van der Waals surface area contributed by atoms with E-state index in [9.17, 15) is 0 Å². The molecule has 0 saturated carbocycles. The monoisotopic (exact) mass is 241 g/mol. The lowest BCUT2D eigenvalue weighted by Crippen LogP contribution is -2.29. The van der Waals surface area contributed by atoms with Gasteiger partial charge in [-0.3, -0.25) is 0 Å². The fourth-order valence-corrected chi connectivity index (χ4v) is 2.76. The number of methoxy groups -OCH3 is 1. The lowest BCUT2D eigenvalue weighted by atomic mass is 10.1. The van der Waals surface area contributed by atoms with E-state index in [1.807, 2.05) is 11.3 Å². The van der Waals surface area contributed by atoms with Crippen molar-refractivity contribution in [3.05, 3.63) is 21.4 Å². The van der Waals surface area contributed by atoms with E-state index in [0.717, 1.165) is 26.0 Å². The lowest BCUT2D eigenvalue weighted by Gasteiger charge is -2.12. The van der Waals surface area contributed by atoms with E-state index in [4.69, 9.17) is 4.74 Å². The predicted octanol–water partition coefficient (Wildman–Crippen LogP) is 2.92. The molecule has 0 spiro atoms. The van der Waals surface area contributed by atoms with Crippen LogP contribution in [-0.2, 0) is 11.2 Å². The second kappa shape index (κ2) is 7.05. The van der Waals surface area contributed by atoms with Crippen LogP contribution in [0.3, 0.4) is 0 Å². The molecule has 1 atom stereocenters. The summed E-state index contributed by atoms with van der Waals surface area (Å²) in [7, 11) is 1.75. The van der Waals surface area contributed by atoms with E-state index in [0.29, 0.717) is 6.04 Å². The molecule has 0 bridgehead atoms. The molecule has 92 valence electrons. The normalized spacial score (nSPS) is 13.0. The first kappa shape index (κ1) is 13.7. The van der Waals surface area contributed by atoms with Gasteiger partial charge in [0, 0.05) is 29.5 Å². The number of nitrogens with one attached hydrogen (secondary N) is 1. The van der Waals surface area contributed by atoms with Crippen molar-refractivity contribution >= 4 is 11.3 Å². The molecular weight excluding hydrogens is 218 g/mol. The fraction of sp³-hybridized carbons (Fsp3) is 0.692. The van der Waals surface area contributed by atoms with Crippen molar-refractivity contribution in [2.45, 2.75) is 39.7 Å². The summed E-state index contributed by atoms with van der Waals surface area (Å²) in [6, 6.07) is 2.85. The van der Waals surface area contributed by atoms with E-state index >= 15 is 0 Å². The maximum absolute atomic E-state index is 5.06. The van der Waals surface area contributed by atoms with Crippen molar-refractivity contribution in [1.82, 2.24) is 5.32 Å². The van der Waals surface area contributed by atoms with Crippen molar-refractivity contribution in [2.24, 2.45) is 0 Å². The summed E-state index contributed by atoms with van der Waals surface area (Å²) in [6.07, 6.45) is 2.21. The number of thiophene rings is 1. The van der Waals surface area contributed by atoms with Gasteiger partial charge in [-0.05, 0) is 51.8 Å². The third-order valence-corrected chi connectivity index (χ3v) is 3.79. The molecule has 0 aliphatic carbocycles. The van der Waals surface area contributed by atoms with Crippen LogP contribution in [0.5, 0.6) is 0 Å². The minimum Gasteiger partial charge on any atom is -0.385 e. The van der Waals surface area contributed by atoms with Crippen molar-refractivity contribution in [3.63, 3.8) is 0 Å². The molecular formula is C13H23NOS. The second-order valence-electron chi connectivity index (χ2n) is 4.33. The summed E-state index contributed by atoms with van der Waals surface area (Å²) in [5, 5.41) is 3.53. The molecule has 1 rings (SSSR count). The van der Waals surface area contributed by atoms with Crippen LogP contribution in [0.1, 0.15) is 28.7 Å². The van der Waals surface area contributed by atoms with Crippen LogP contribution in [0, 0.1) is 13.8 Å². The Morgan fingerprint density at radius 2 is 2.19 bits per heavy atom. The molecule has 0 aliphatic rings. The number of rotatable bonds is 7. The van der Waals surface area contributed by atoms with Crippen molar-refractivity contribution < 1.29 is 4.74 Å². The highest BCUT2D eigenvalue weighted by molar-refractivity contribution is 7.12. The number of ether oxygens (including phenoxy) is 1. The Kier molecular flexibility index (Phi) is 6.03. The molecule has 16 heavy (non-hydrogen) atoms. The first-order chi connectivity index (χ1) is 7.63. The van der Waals surface area contributed by atoms with E-state index < -0.39 is 0 Å². The van der Waals surface area contributed by atoms with Crippen molar-refractivity contribution in [2.75, 3.05) is 20.3 Å². The van der Waals surface area contributed by atoms with Gasteiger partial charge in [0.25, 0.3) is 0 Å². The number of aryl methyl sites for hydroxylation is 2. The van der Waals surface area contributed by atoms with Gasteiger partial charge in [-0.2, -0.15) is 0 Å². The van der Waals surface area contributed by atoms with E-state index in [1.54, 1.807) is 7.11 Å². The largest absolute Gasteiger partial charge is 0.385 e. The molecule has 1 heterocycles. The fourth-order valence-electron chi connectivity index (χ4n) is 1.78. The van der Waals surface area contributed by atoms with Crippen LogP contribution in [0.2, 0.25) is 0 Å². The maximum atomic E-state index is 5.06. The highest BCUT2D eigenvalue weighted by Gasteiger charge is 2.04. The van der Waals surface area contributed by atoms with Gasteiger partial charge in [0.1, 0.15) is 0 Å². The molecule has 0 saturated heterocycles. The quantitative estimate of drug-likeness (QED) is 0.792. The highest BCUT2D eigenvalue weighted by Crippen LogP contribution is 2.20. The Morgan fingerprint density at radius 1 is 1.44 bits per heavy atom. The van der Waals surface area contributed by atoms with Crippen LogP contribution in [0.4, 0.5) is 0 Å². The zero-order chi connectivity index (χ0) is 12.0. The summed E-state index contributed by atoms with van der Waals surface area (Å²) in [5.74, 6) is 0. The van der Waals surface area contributed by atoms with Gasteiger partial charge in [-0.15, -0.1) is 11.3 Å². The van der Waals surface area contributed by atoms with Crippen LogP contribution in [-0.4, -0.2) is 26.3 Å². The summed E-state index contributed by atoms with van der Waals surface area (Å²) in [4.78, 5) is 2.88. The number of hydrogen-bond acceptors (Lipinski definition) is 3. The van der Waals surface area contributed by atoms with Gasteiger partial charge >= 0.3 is 0 Å². The summed E-state index contributed by atoms with van der Waals surface area (Å²) < 4.78 is 5.06. The van der Waals surface area contributed by atoms with Crippen LogP contribution in [0.15, 0.2) is 6.07 Å². The average molecular weight is 241 g/mol. The third-order valence-electron chi connectivity index (χ3n) is 2.79. The van der Waals surface area contributed by atoms with Crippen LogP contribution < -0.4 is 5.32 Å². The molecule has 1 aromatic rings. The summed E-state index contributed by atoms with van der Waals surface area (Å²) in [5.41, 5.74) is 1.49. The van der Waals surface area contributed by atoms with E-state index in [1.165, 1.54) is 15.3 Å².